The Morgan fingerprint density at radius 3 is 2.00 bits per heavy atom. The lowest BCUT2D eigenvalue weighted by atomic mass is 10.3. The Balaban J connectivity index is 3.87. The van der Waals surface area contributed by atoms with Gasteiger partial charge in [0.25, 0.3) is 0 Å². The Labute approximate surface area is 64.8 Å². The van der Waals surface area contributed by atoms with E-state index in [0.29, 0.717) is 0 Å². The van der Waals surface area contributed by atoms with E-state index >= 15 is 0 Å². The van der Waals surface area contributed by atoms with Crippen molar-refractivity contribution in [1.29, 1.82) is 0 Å². The van der Waals surface area contributed by atoms with Crippen LogP contribution >= 0.6 is 0 Å². The van der Waals surface area contributed by atoms with Crippen molar-refractivity contribution in [2.75, 3.05) is 0 Å². The van der Waals surface area contributed by atoms with Crippen molar-refractivity contribution in [3.63, 3.8) is 0 Å². The highest BCUT2D eigenvalue weighted by Crippen LogP contribution is 2.16. The number of hydrogen-bond acceptors (Lipinski definition) is 1. The van der Waals surface area contributed by atoms with E-state index in [0.717, 1.165) is 6.42 Å². The van der Waals surface area contributed by atoms with Crippen LogP contribution in [0.15, 0.2) is 11.8 Å². The van der Waals surface area contributed by atoms with Crippen LogP contribution in [0, 0.1) is 0 Å². The molecule has 2 heteroatoms. The summed E-state index contributed by atoms with van der Waals surface area (Å²) in [5.41, 5.74) is 0. The molecular weight excluding hydrogens is 140 g/mol. The van der Waals surface area contributed by atoms with Crippen LogP contribution in [0.4, 0.5) is 0 Å². The number of rotatable bonds is 3. The molecule has 0 fully saturated rings. The first kappa shape index (κ1) is 9.92. The summed E-state index contributed by atoms with van der Waals surface area (Å²) in [7, 11) is -1.18. The average molecular weight is 158 g/mol. The highest BCUT2D eigenvalue weighted by atomic mass is 28.3. The van der Waals surface area contributed by atoms with Gasteiger partial charge in [0, 0.05) is 0 Å². The van der Waals surface area contributed by atoms with Crippen LogP contribution < -0.4 is 0 Å². The monoisotopic (exact) mass is 158 g/mol. The Bertz CT molecular complexity index is 122. The molecule has 0 aromatic heterocycles. The quantitative estimate of drug-likeness (QED) is 0.624. The molecule has 0 amide bonds. The minimum absolute atomic E-state index is 0.223. The molecule has 0 rings (SSSR count). The van der Waals surface area contributed by atoms with Crippen LogP contribution in [-0.4, -0.2) is 19.3 Å². The normalized spacial score (nSPS) is 14.9. The lowest BCUT2D eigenvalue weighted by Crippen LogP contribution is -2.25. The summed E-state index contributed by atoms with van der Waals surface area (Å²) >= 11 is 0. The second-order valence-corrected chi connectivity index (χ2v) is 9.11. The van der Waals surface area contributed by atoms with E-state index in [1.807, 2.05) is 6.92 Å². The molecule has 10 heavy (non-hydrogen) atoms. The zero-order valence-electron chi connectivity index (χ0n) is 7.44. The van der Waals surface area contributed by atoms with Gasteiger partial charge in [0.1, 0.15) is 0 Å². The topological polar surface area (TPSA) is 20.2 Å². The molecular formula is C8H18OSi. The molecule has 0 aromatic carbocycles. The molecule has 0 aromatic rings. The zero-order chi connectivity index (χ0) is 8.36. The van der Waals surface area contributed by atoms with E-state index in [4.69, 9.17) is 5.11 Å². The third-order valence-corrected chi connectivity index (χ3v) is 3.93. The summed E-state index contributed by atoms with van der Waals surface area (Å²) in [6, 6.07) is 0. The van der Waals surface area contributed by atoms with Gasteiger partial charge in [-0.2, -0.15) is 0 Å². The van der Waals surface area contributed by atoms with Crippen molar-refractivity contribution in [1.82, 2.24) is 0 Å². The maximum absolute atomic E-state index is 9.05. The predicted octanol–water partition coefficient (Wildman–Crippen LogP) is 2.19. The molecule has 0 heterocycles. The maximum atomic E-state index is 9.05. The van der Waals surface area contributed by atoms with E-state index in [-0.39, 0.29) is 6.10 Å². The van der Waals surface area contributed by atoms with Crippen LogP contribution in [0.25, 0.3) is 0 Å². The molecule has 0 radical (unpaired) electrons. The van der Waals surface area contributed by atoms with Crippen LogP contribution in [0.3, 0.4) is 0 Å². The van der Waals surface area contributed by atoms with E-state index in [2.05, 4.69) is 26.2 Å². The standard InChI is InChI=1S/C8H18OSi/c1-7(9)6-8(2)10(3,4)5/h7,9H,2,6H2,1,3-5H3/t7-/m1/s1. The first-order chi connectivity index (χ1) is 4.34. The average Bonchev–Trinajstić information content (AvgIpc) is 1.60. The molecule has 1 N–H and O–H groups in total. The van der Waals surface area contributed by atoms with Crippen molar-refractivity contribution in [3.8, 4) is 0 Å². The largest absolute Gasteiger partial charge is 0.393 e. The molecule has 0 bridgehead atoms. The van der Waals surface area contributed by atoms with Gasteiger partial charge in [-0.3, -0.25) is 0 Å². The smallest absolute Gasteiger partial charge is 0.0717 e. The number of aliphatic hydroxyl groups excluding tert-OH is 1. The Morgan fingerprint density at radius 1 is 1.50 bits per heavy atom. The Morgan fingerprint density at radius 2 is 1.90 bits per heavy atom. The second-order valence-electron chi connectivity index (χ2n) is 3.91. The van der Waals surface area contributed by atoms with Crippen LogP contribution in [0.1, 0.15) is 13.3 Å². The number of hydrogen-bond donors (Lipinski definition) is 1. The summed E-state index contributed by atoms with van der Waals surface area (Å²) in [6.45, 7) is 12.5. The summed E-state index contributed by atoms with van der Waals surface area (Å²) in [6.07, 6.45) is 0.551. The molecule has 0 saturated carbocycles. The highest BCUT2D eigenvalue weighted by molar-refractivity contribution is 6.82. The van der Waals surface area contributed by atoms with Crippen molar-refractivity contribution >= 4 is 8.07 Å². The van der Waals surface area contributed by atoms with Crippen LogP contribution in [-0.2, 0) is 0 Å². The summed E-state index contributed by atoms with van der Waals surface area (Å²) in [5, 5.41) is 10.3. The first-order valence-corrected chi connectivity index (χ1v) is 7.20. The van der Waals surface area contributed by atoms with Crippen LogP contribution in [0.5, 0.6) is 0 Å². The summed E-state index contributed by atoms with van der Waals surface area (Å²) in [4.78, 5) is 0. The zero-order valence-corrected chi connectivity index (χ0v) is 8.44. The van der Waals surface area contributed by atoms with Crippen LogP contribution in [0.2, 0.25) is 19.6 Å². The summed E-state index contributed by atoms with van der Waals surface area (Å²) in [5.74, 6) is 0. The fourth-order valence-corrected chi connectivity index (χ4v) is 1.57. The van der Waals surface area contributed by atoms with Gasteiger partial charge in [-0.1, -0.05) is 24.8 Å². The molecule has 60 valence electrons. The molecule has 0 unspecified atom stereocenters. The summed E-state index contributed by atoms with van der Waals surface area (Å²) < 4.78 is 0. The molecule has 0 aliphatic heterocycles. The fourth-order valence-electron chi connectivity index (χ4n) is 0.663. The minimum Gasteiger partial charge on any atom is -0.393 e. The third kappa shape index (κ3) is 3.85. The Kier molecular flexibility index (Phi) is 3.32. The third-order valence-electron chi connectivity index (χ3n) is 1.60. The molecule has 1 nitrogen and oxygen atoms in total. The van der Waals surface area contributed by atoms with E-state index in [1.54, 1.807) is 0 Å². The minimum atomic E-state index is -1.18. The SMILES string of the molecule is C=C(C[C@@H](C)O)[Si](C)(C)C. The van der Waals surface area contributed by atoms with Crippen molar-refractivity contribution in [3.05, 3.63) is 11.8 Å². The highest BCUT2D eigenvalue weighted by Gasteiger charge is 2.18. The molecule has 0 spiro atoms. The Hall–Kier alpha value is -0.0831. The fraction of sp³-hybridized carbons (Fsp3) is 0.750. The molecule has 0 aliphatic rings. The molecule has 1 atom stereocenters. The van der Waals surface area contributed by atoms with Crippen molar-refractivity contribution in [2.24, 2.45) is 0 Å². The molecule has 0 aliphatic carbocycles. The van der Waals surface area contributed by atoms with Gasteiger partial charge in [-0.15, -0.1) is 6.58 Å². The van der Waals surface area contributed by atoms with Gasteiger partial charge in [0.2, 0.25) is 0 Å². The lowest BCUT2D eigenvalue weighted by Gasteiger charge is -2.20. The predicted molar refractivity (Wildman–Crippen MR) is 48.8 cm³/mol. The van der Waals surface area contributed by atoms with Crippen molar-refractivity contribution < 1.29 is 5.11 Å². The maximum Gasteiger partial charge on any atom is 0.0717 e. The second kappa shape index (κ2) is 3.35. The van der Waals surface area contributed by atoms with Crippen molar-refractivity contribution in [2.45, 2.75) is 39.1 Å². The van der Waals surface area contributed by atoms with Gasteiger partial charge in [0.15, 0.2) is 0 Å². The van der Waals surface area contributed by atoms with E-state index in [9.17, 15) is 0 Å². The molecule has 0 saturated heterocycles. The van der Waals surface area contributed by atoms with Gasteiger partial charge < -0.3 is 5.11 Å². The van der Waals surface area contributed by atoms with Gasteiger partial charge >= 0.3 is 0 Å². The van der Waals surface area contributed by atoms with E-state index in [1.165, 1.54) is 5.20 Å². The van der Waals surface area contributed by atoms with Gasteiger partial charge in [-0.05, 0) is 13.3 Å². The lowest BCUT2D eigenvalue weighted by molar-refractivity contribution is 0.197. The van der Waals surface area contributed by atoms with Gasteiger partial charge in [0.05, 0.1) is 14.2 Å². The van der Waals surface area contributed by atoms with Gasteiger partial charge in [-0.25, -0.2) is 0 Å². The van der Waals surface area contributed by atoms with E-state index < -0.39 is 8.07 Å². The number of aliphatic hydroxyl groups is 1. The first-order valence-electron chi connectivity index (χ1n) is 3.70.